The van der Waals surface area contributed by atoms with Gasteiger partial charge < -0.3 is 10.2 Å². The molecular formula is C27H25FN4O. The van der Waals surface area contributed by atoms with Crippen LogP contribution in [0.3, 0.4) is 0 Å². The standard InChI is InChI=1S/C27H25FN4O/c28-23-12-10-21(11-13-23)27-22(19-32(30-27)25-5-2-1-3-6-25)18-29-17-20-8-14-24(15-9-20)31-16-4-7-26(31)33/h1-3,5-6,8-15,19,29H,4,7,16-18H2. The minimum Gasteiger partial charge on any atom is -0.312 e. The van der Waals surface area contributed by atoms with Gasteiger partial charge in [-0.1, -0.05) is 30.3 Å². The molecule has 3 aromatic carbocycles. The number of nitrogens with one attached hydrogen (secondary N) is 1. The number of para-hydroxylation sites is 1. The van der Waals surface area contributed by atoms with Gasteiger partial charge in [0.2, 0.25) is 5.91 Å². The van der Waals surface area contributed by atoms with Crippen LogP contribution < -0.4 is 10.2 Å². The molecule has 2 heterocycles. The van der Waals surface area contributed by atoms with Crippen molar-refractivity contribution in [1.82, 2.24) is 15.1 Å². The summed E-state index contributed by atoms with van der Waals surface area (Å²) in [5, 5.41) is 8.28. The zero-order valence-electron chi connectivity index (χ0n) is 18.2. The van der Waals surface area contributed by atoms with Gasteiger partial charge in [0, 0.05) is 49.1 Å². The number of halogens is 1. The van der Waals surface area contributed by atoms with Crippen molar-refractivity contribution in [1.29, 1.82) is 0 Å². The lowest BCUT2D eigenvalue weighted by Gasteiger charge is -2.16. The van der Waals surface area contributed by atoms with Gasteiger partial charge in [0.1, 0.15) is 5.82 Å². The van der Waals surface area contributed by atoms with E-state index in [1.165, 1.54) is 12.1 Å². The van der Waals surface area contributed by atoms with Crippen molar-refractivity contribution in [2.75, 3.05) is 11.4 Å². The highest BCUT2D eigenvalue weighted by atomic mass is 19.1. The number of benzene rings is 3. The fraction of sp³-hybridized carbons (Fsp3) is 0.185. The van der Waals surface area contributed by atoms with Gasteiger partial charge in [0.15, 0.2) is 0 Å². The third-order valence-electron chi connectivity index (χ3n) is 5.89. The molecule has 1 aliphatic rings. The Balaban J connectivity index is 1.31. The Morgan fingerprint density at radius 3 is 2.33 bits per heavy atom. The molecule has 1 aliphatic heterocycles. The Morgan fingerprint density at radius 2 is 1.64 bits per heavy atom. The van der Waals surface area contributed by atoms with Crippen molar-refractivity contribution < 1.29 is 9.18 Å². The lowest BCUT2D eigenvalue weighted by Crippen LogP contribution is -2.23. The monoisotopic (exact) mass is 440 g/mol. The van der Waals surface area contributed by atoms with E-state index in [-0.39, 0.29) is 11.7 Å². The van der Waals surface area contributed by atoms with Crippen LogP contribution in [-0.4, -0.2) is 22.2 Å². The minimum atomic E-state index is -0.264. The van der Waals surface area contributed by atoms with Gasteiger partial charge in [-0.2, -0.15) is 5.10 Å². The summed E-state index contributed by atoms with van der Waals surface area (Å²) in [6, 6.07) is 24.5. The molecule has 1 saturated heterocycles. The molecule has 1 N–H and O–H groups in total. The molecule has 4 aromatic rings. The molecule has 6 heteroatoms. The second-order valence-corrected chi connectivity index (χ2v) is 8.21. The molecule has 1 fully saturated rings. The van der Waals surface area contributed by atoms with Crippen LogP contribution in [0.5, 0.6) is 0 Å². The van der Waals surface area contributed by atoms with E-state index in [9.17, 15) is 9.18 Å². The maximum absolute atomic E-state index is 13.5. The summed E-state index contributed by atoms with van der Waals surface area (Å²) in [7, 11) is 0. The average Bonchev–Trinajstić information content (AvgIpc) is 3.47. The molecule has 5 rings (SSSR count). The van der Waals surface area contributed by atoms with E-state index < -0.39 is 0 Å². The first-order chi connectivity index (χ1) is 16.2. The van der Waals surface area contributed by atoms with Gasteiger partial charge >= 0.3 is 0 Å². The van der Waals surface area contributed by atoms with E-state index in [1.807, 2.05) is 58.2 Å². The third kappa shape index (κ3) is 4.71. The van der Waals surface area contributed by atoms with Crippen molar-refractivity contribution in [3.8, 4) is 16.9 Å². The second kappa shape index (κ2) is 9.38. The summed E-state index contributed by atoms with van der Waals surface area (Å²) in [6.07, 6.45) is 3.58. The van der Waals surface area contributed by atoms with E-state index in [0.717, 1.165) is 46.7 Å². The smallest absolute Gasteiger partial charge is 0.227 e. The minimum absolute atomic E-state index is 0.199. The van der Waals surface area contributed by atoms with Crippen LogP contribution in [0.2, 0.25) is 0 Å². The lowest BCUT2D eigenvalue weighted by molar-refractivity contribution is -0.117. The van der Waals surface area contributed by atoms with Crippen LogP contribution in [0.15, 0.2) is 85.1 Å². The van der Waals surface area contributed by atoms with Gasteiger partial charge in [-0.05, 0) is 60.5 Å². The normalized spacial score (nSPS) is 13.6. The first-order valence-corrected chi connectivity index (χ1v) is 11.2. The molecule has 0 aliphatic carbocycles. The fourth-order valence-electron chi connectivity index (χ4n) is 4.16. The molecule has 0 radical (unpaired) electrons. The van der Waals surface area contributed by atoms with Gasteiger partial charge in [-0.25, -0.2) is 9.07 Å². The number of rotatable bonds is 7. The first-order valence-electron chi connectivity index (χ1n) is 11.2. The molecule has 0 spiro atoms. The maximum Gasteiger partial charge on any atom is 0.227 e. The molecule has 1 amide bonds. The molecule has 0 bridgehead atoms. The first kappa shape index (κ1) is 21.1. The van der Waals surface area contributed by atoms with Crippen LogP contribution in [-0.2, 0) is 17.9 Å². The molecule has 0 atom stereocenters. The maximum atomic E-state index is 13.5. The average molecular weight is 441 g/mol. The molecule has 5 nitrogen and oxygen atoms in total. The molecule has 0 saturated carbocycles. The Hall–Kier alpha value is -3.77. The number of anilines is 1. The molecular weight excluding hydrogens is 415 g/mol. The molecule has 1 aromatic heterocycles. The third-order valence-corrected chi connectivity index (χ3v) is 5.89. The van der Waals surface area contributed by atoms with Crippen LogP contribution >= 0.6 is 0 Å². The molecule has 166 valence electrons. The number of aromatic nitrogens is 2. The number of hydrogen-bond acceptors (Lipinski definition) is 3. The second-order valence-electron chi connectivity index (χ2n) is 8.21. The Kier molecular flexibility index (Phi) is 6.00. The topological polar surface area (TPSA) is 50.2 Å². The van der Waals surface area contributed by atoms with E-state index in [1.54, 1.807) is 12.1 Å². The summed E-state index contributed by atoms with van der Waals surface area (Å²) in [5.74, 6) is -0.0652. The van der Waals surface area contributed by atoms with E-state index in [2.05, 4.69) is 17.4 Å². The summed E-state index contributed by atoms with van der Waals surface area (Å²) in [6.45, 7) is 2.10. The van der Waals surface area contributed by atoms with Crippen molar-refractivity contribution >= 4 is 11.6 Å². The SMILES string of the molecule is O=C1CCCN1c1ccc(CNCc2cn(-c3ccccc3)nc2-c2ccc(F)cc2)cc1. The summed E-state index contributed by atoms with van der Waals surface area (Å²) < 4.78 is 15.3. The Bertz CT molecular complexity index is 1230. The number of carbonyl (C=O) groups is 1. The van der Waals surface area contributed by atoms with Crippen molar-refractivity contribution in [2.24, 2.45) is 0 Å². The van der Waals surface area contributed by atoms with Crippen LogP contribution in [0, 0.1) is 5.82 Å². The summed E-state index contributed by atoms with van der Waals surface area (Å²) in [4.78, 5) is 13.8. The molecule has 0 unspecified atom stereocenters. The number of hydrogen-bond donors (Lipinski definition) is 1. The van der Waals surface area contributed by atoms with Crippen LogP contribution in [0.1, 0.15) is 24.0 Å². The van der Waals surface area contributed by atoms with Crippen molar-refractivity contribution in [3.63, 3.8) is 0 Å². The predicted molar refractivity (Wildman–Crippen MR) is 128 cm³/mol. The van der Waals surface area contributed by atoms with Crippen molar-refractivity contribution in [3.05, 3.63) is 102 Å². The van der Waals surface area contributed by atoms with Gasteiger partial charge in [0.25, 0.3) is 0 Å². The lowest BCUT2D eigenvalue weighted by atomic mass is 10.1. The number of nitrogens with zero attached hydrogens (tertiary/aromatic N) is 3. The zero-order valence-corrected chi connectivity index (χ0v) is 18.2. The van der Waals surface area contributed by atoms with Crippen LogP contribution in [0.4, 0.5) is 10.1 Å². The Labute approximate surface area is 192 Å². The van der Waals surface area contributed by atoms with E-state index in [4.69, 9.17) is 5.10 Å². The van der Waals surface area contributed by atoms with Crippen molar-refractivity contribution in [2.45, 2.75) is 25.9 Å². The highest BCUT2D eigenvalue weighted by Gasteiger charge is 2.21. The summed E-state index contributed by atoms with van der Waals surface area (Å²) in [5.41, 5.74) is 5.81. The predicted octanol–water partition coefficient (Wildman–Crippen LogP) is 5.10. The van der Waals surface area contributed by atoms with E-state index >= 15 is 0 Å². The zero-order chi connectivity index (χ0) is 22.6. The number of amides is 1. The van der Waals surface area contributed by atoms with Gasteiger partial charge in [-0.3, -0.25) is 4.79 Å². The Morgan fingerprint density at radius 1 is 0.879 bits per heavy atom. The van der Waals surface area contributed by atoms with Crippen LogP contribution in [0.25, 0.3) is 16.9 Å². The highest BCUT2D eigenvalue weighted by Crippen LogP contribution is 2.25. The van der Waals surface area contributed by atoms with E-state index in [0.29, 0.717) is 19.5 Å². The quantitative estimate of drug-likeness (QED) is 0.435. The summed E-state index contributed by atoms with van der Waals surface area (Å²) >= 11 is 0. The molecule has 33 heavy (non-hydrogen) atoms. The largest absolute Gasteiger partial charge is 0.312 e. The fourth-order valence-corrected chi connectivity index (χ4v) is 4.16. The van der Waals surface area contributed by atoms with Gasteiger partial charge in [0.05, 0.1) is 11.4 Å². The highest BCUT2D eigenvalue weighted by molar-refractivity contribution is 5.95. The number of carbonyl (C=O) groups excluding carboxylic acids is 1. The van der Waals surface area contributed by atoms with Gasteiger partial charge in [-0.15, -0.1) is 0 Å².